The highest BCUT2D eigenvalue weighted by molar-refractivity contribution is 6.33. The number of anilines is 2. The quantitative estimate of drug-likeness (QED) is 0.520. The first-order chi connectivity index (χ1) is 16.7. The Morgan fingerprint density at radius 2 is 1.71 bits per heavy atom. The number of benzene rings is 1. The molecule has 0 N–H and O–H groups in total. The summed E-state index contributed by atoms with van der Waals surface area (Å²) >= 11 is 12.4. The van der Waals surface area contributed by atoms with Crippen LogP contribution in [0.2, 0.25) is 10.0 Å². The topological polar surface area (TPSA) is 82.5 Å². The average Bonchev–Trinajstić information content (AvgIpc) is 3.04. The number of hydrogen-bond acceptors (Lipinski definition) is 6. The van der Waals surface area contributed by atoms with Crippen molar-refractivity contribution in [2.24, 2.45) is 0 Å². The number of piperazine rings is 1. The Bertz CT molecular complexity index is 1340. The Kier molecular flexibility index (Phi) is 5.89. The van der Waals surface area contributed by atoms with Crippen molar-refractivity contribution in [3.05, 3.63) is 75.5 Å². The third-order valence-corrected chi connectivity index (χ3v) is 7.11. The maximum absolute atomic E-state index is 13.3. The third kappa shape index (κ3) is 4.10. The number of amides is 2. The Labute approximate surface area is 213 Å². The molecule has 0 radical (unpaired) electrons. The van der Waals surface area contributed by atoms with Gasteiger partial charge in [0.05, 0.1) is 40.5 Å². The molecule has 4 heterocycles. The van der Waals surface area contributed by atoms with Gasteiger partial charge in [0, 0.05) is 36.8 Å². The van der Waals surface area contributed by atoms with Crippen molar-refractivity contribution in [3.8, 4) is 0 Å². The number of fused-ring (bicyclic) bond motifs is 1. The smallest absolute Gasteiger partial charge is 0.274 e. The summed E-state index contributed by atoms with van der Waals surface area (Å²) in [4.78, 5) is 44.6. The van der Waals surface area contributed by atoms with Gasteiger partial charge in [0.15, 0.2) is 5.69 Å². The van der Waals surface area contributed by atoms with Gasteiger partial charge in [-0.3, -0.25) is 19.5 Å². The van der Waals surface area contributed by atoms with E-state index in [1.807, 2.05) is 26.0 Å². The molecule has 0 bridgehead atoms. The zero-order valence-electron chi connectivity index (χ0n) is 19.6. The average molecular weight is 511 g/mol. The van der Waals surface area contributed by atoms with Crippen molar-refractivity contribution in [1.82, 2.24) is 19.9 Å². The molecular formula is C25H24Cl2N6O2. The van der Waals surface area contributed by atoms with Gasteiger partial charge in [-0.15, -0.1) is 0 Å². The highest BCUT2D eigenvalue weighted by atomic mass is 35.5. The Morgan fingerprint density at radius 3 is 2.46 bits per heavy atom. The third-order valence-electron chi connectivity index (χ3n) is 6.60. The monoisotopic (exact) mass is 510 g/mol. The van der Waals surface area contributed by atoms with Crippen LogP contribution in [-0.2, 0) is 5.54 Å². The minimum absolute atomic E-state index is 0.0759. The van der Waals surface area contributed by atoms with Crippen LogP contribution in [0.15, 0.2) is 42.9 Å². The van der Waals surface area contributed by atoms with Gasteiger partial charge in [-0.2, -0.15) is 0 Å². The lowest BCUT2D eigenvalue weighted by molar-refractivity contribution is 0.0740. The lowest BCUT2D eigenvalue weighted by atomic mass is 9.93. The summed E-state index contributed by atoms with van der Waals surface area (Å²) in [5.74, 6) is 0.226. The van der Waals surface area contributed by atoms with Gasteiger partial charge in [0.2, 0.25) is 0 Å². The SMILES string of the molecule is Cc1ncc(Cl)c(C(=O)N2CCN(c3cncc(N4C(=O)c5ccc(Cl)cc5C4(C)C)c3)CC2)n1. The molecule has 2 aliphatic heterocycles. The summed E-state index contributed by atoms with van der Waals surface area (Å²) in [6, 6.07) is 7.35. The van der Waals surface area contributed by atoms with Crippen molar-refractivity contribution in [1.29, 1.82) is 0 Å². The van der Waals surface area contributed by atoms with E-state index in [1.54, 1.807) is 41.2 Å². The predicted molar refractivity (Wildman–Crippen MR) is 135 cm³/mol. The van der Waals surface area contributed by atoms with E-state index >= 15 is 0 Å². The maximum Gasteiger partial charge on any atom is 0.274 e. The summed E-state index contributed by atoms with van der Waals surface area (Å²) in [5.41, 5.74) is 2.81. The Balaban J connectivity index is 1.34. The van der Waals surface area contributed by atoms with Gasteiger partial charge in [0.1, 0.15) is 5.82 Å². The number of pyridine rings is 1. The number of carbonyl (C=O) groups is 2. The molecule has 2 amide bonds. The molecule has 180 valence electrons. The summed E-state index contributed by atoms with van der Waals surface area (Å²) in [6.45, 7) is 8.00. The highest BCUT2D eigenvalue weighted by Crippen LogP contribution is 2.43. The highest BCUT2D eigenvalue weighted by Gasteiger charge is 2.44. The van der Waals surface area contributed by atoms with Crippen LogP contribution in [0, 0.1) is 6.92 Å². The fraction of sp³-hybridized carbons (Fsp3) is 0.320. The molecule has 10 heteroatoms. The zero-order valence-corrected chi connectivity index (χ0v) is 21.1. The van der Waals surface area contributed by atoms with Crippen LogP contribution in [0.5, 0.6) is 0 Å². The normalized spacial score (nSPS) is 17.1. The molecule has 5 rings (SSSR count). The fourth-order valence-corrected chi connectivity index (χ4v) is 5.12. The van der Waals surface area contributed by atoms with E-state index in [0.717, 1.165) is 11.3 Å². The van der Waals surface area contributed by atoms with Gasteiger partial charge >= 0.3 is 0 Å². The molecule has 0 spiro atoms. The predicted octanol–water partition coefficient (Wildman–Crippen LogP) is 4.34. The molecule has 0 unspecified atom stereocenters. The molecule has 0 aliphatic carbocycles. The molecule has 1 saturated heterocycles. The fourth-order valence-electron chi connectivity index (χ4n) is 4.78. The van der Waals surface area contributed by atoms with Gasteiger partial charge < -0.3 is 9.80 Å². The van der Waals surface area contributed by atoms with Crippen LogP contribution in [0.25, 0.3) is 0 Å². The van der Waals surface area contributed by atoms with Gasteiger partial charge in [-0.25, -0.2) is 9.97 Å². The minimum atomic E-state index is -0.572. The van der Waals surface area contributed by atoms with E-state index in [-0.39, 0.29) is 22.5 Å². The van der Waals surface area contributed by atoms with Gasteiger partial charge in [-0.05, 0) is 50.6 Å². The van der Waals surface area contributed by atoms with E-state index in [1.165, 1.54) is 6.20 Å². The molecule has 2 aliphatic rings. The van der Waals surface area contributed by atoms with Crippen LogP contribution in [0.3, 0.4) is 0 Å². The van der Waals surface area contributed by atoms with Gasteiger partial charge in [-0.1, -0.05) is 23.2 Å². The number of hydrogen-bond donors (Lipinski definition) is 0. The van der Waals surface area contributed by atoms with Crippen LogP contribution in [0.1, 0.15) is 46.1 Å². The number of aryl methyl sites for hydroxylation is 1. The van der Waals surface area contributed by atoms with Crippen molar-refractivity contribution in [2.45, 2.75) is 26.3 Å². The molecule has 2 aromatic heterocycles. The first-order valence-corrected chi connectivity index (χ1v) is 12.1. The van der Waals surface area contributed by atoms with Crippen molar-refractivity contribution < 1.29 is 9.59 Å². The molecule has 0 atom stereocenters. The van der Waals surface area contributed by atoms with E-state index in [0.29, 0.717) is 48.3 Å². The number of aromatic nitrogens is 3. The molecule has 3 aromatic rings. The molecule has 35 heavy (non-hydrogen) atoms. The summed E-state index contributed by atoms with van der Waals surface area (Å²) < 4.78 is 0. The number of halogens is 2. The van der Waals surface area contributed by atoms with E-state index < -0.39 is 5.54 Å². The standard InChI is InChI=1S/C25H24Cl2N6O2/c1-15-29-14-21(27)22(30-15)24(35)32-8-6-31(7-9-32)17-11-18(13-28-12-17)33-23(34)19-5-4-16(26)10-20(19)25(33,2)3/h4-5,10-14H,6-9H2,1-3H3. The van der Waals surface area contributed by atoms with Crippen LogP contribution in [-0.4, -0.2) is 57.8 Å². The molecule has 1 fully saturated rings. The van der Waals surface area contributed by atoms with Gasteiger partial charge in [0.25, 0.3) is 11.8 Å². The summed E-state index contributed by atoms with van der Waals surface area (Å²) in [6.07, 6.45) is 4.94. The summed E-state index contributed by atoms with van der Waals surface area (Å²) in [7, 11) is 0. The summed E-state index contributed by atoms with van der Waals surface area (Å²) in [5, 5.41) is 0.851. The second kappa shape index (κ2) is 8.77. The Hall–Kier alpha value is -3.23. The van der Waals surface area contributed by atoms with Crippen LogP contribution in [0.4, 0.5) is 11.4 Å². The minimum Gasteiger partial charge on any atom is -0.367 e. The largest absolute Gasteiger partial charge is 0.367 e. The van der Waals surface area contributed by atoms with Crippen LogP contribution < -0.4 is 9.80 Å². The Morgan fingerprint density at radius 1 is 1.00 bits per heavy atom. The molecule has 8 nitrogen and oxygen atoms in total. The first kappa shape index (κ1) is 23.5. The zero-order chi connectivity index (χ0) is 24.9. The van der Waals surface area contributed by atoms with Crippen molar-refractivity contribution >= 4 is 46.4 Å². The molecule has 0 saturated carbocycles. The number of rotatable bonds is 3. The number of carbonyl (C=O) groups excluding carboxylic acids is 2. The second-order valence-corrected chi connectivity index (χ2v) is 10.0. The van der Waals surface area contributed by atoms with Crippen molar-refractivity contribution in [2.75, 3.05) is 36.0 Å². The van der Waals surface area contributed by atoms with Crippen LogP contribution >= 0.6 is 23.2 Å². The lowest BCUT2D eigenvalue weighted by Crippen LogP contribution is -2.49. The van der Waals surface area contributed by atoms with E-state index in [2.05, 4.69) is 19.9 Å². The second-order valence-electron chi connectivity index (χ2n) is 9.18. The maximum atomic E-state index is 13.3. The molecular weight excluding hydrogens is 487 g/mol. The van der Waals surface area contributed by atoms with E-state index in [4.69, 9.17) is 23.2 Å². The first-order valence-electron chi connectivity index (χ1n) is 11.3. The number of nitrogens with zero attached hydrogens (tertiary/aromatic N) is 6. The molecule has 1 aromatic carbocycles. The van der Waals surface area contributed by atoms with Crippen molar-refractivity contribution in [3.63, 3.8) is 0 Å². The van der Waals surface area contributed by atoms with E-state index in [9.17, 15) is 9.59 Å². The lowest BCUT2D eigenvalue weighted by Gasteiger charge is -2.37.